The molecule has 0 radical (unpaired) electrons. The maximum Gasteiger partial charge on any atom is 0.191 e. The summed E-state index contributed by atoms with van der Waals surface area (Å²) in [5, 5.41) is 10.8. The van der Waals surface area contributed by atoms with Gasteiger partial charge >= 0.3 is 0 Å². The Hall–Kier alpha value is -0.870. The molecule has 0 amide bonds. The molecule has 0 saturated carbocycles. The molecule has 1 aliphatic rings. The van der Waals surface area contributed by atoms with Crippen molar-refractivity contribution in [1.29, 1.82) is 0 Å². The molecule has 1 fully saturated rings. The number of aryl methyl sites for hydroxylation is 1. The van der Waals surface area contributed by atoms with Crippen molar-refractivity contribution in [2.24, 2.45) is 18.0 Å². The number of rotatable bonds is 6. The number of halogens is 1. The minimum atomic E-state index is 0. The van der Waals surface area contributed by atoms with Crippen LogP contribution in [0, 0.1) is 5.92 Å². The fourth-order valence-corrected chi connectivity index (χ4v) is 2.77. The van der Waals surface area contributed by atoms with E-state index in [9.17, 15) is 0 Å². The summed E-state index contributed by atoms with van der Waals surface area (Å²) >= 11 is 0. The van der Waals surface area contributed by atoms with Crippen LogP contribution < -0.4 is 10.6 Å². The Labute approximate surface area is 162 Å². The first-order valence-electron chi connectivity index (χ1n) is 8.32. The van der Waals surface area contributed by atoms with Crippen molar-refractivity contribution >= 4 is 29.9 Å². The Balaban J connectivity index is 0.00000288. The van der Waals surface area contributed by atoms with Crippen molar-refractivity contribution in [2.45, 2.75) is 26.5 Å². The van der Waals surface area contributed by atoms with Gasteiger partial charge in [0, 0.05) is 58.6 Å². The van der Waals surface area contributed by atoms with Crippen LogP contribution in [0.3, 0.4) is 0 Å². The number of hydrogen-bond acceptors (Lipinski definition) is 4. The second kappa shape index (κ2) is 10.9. The molecule has 1 saturated heterocycles. The second-order valence-corrected chi connectivity index (χ2v) is 6.48. The minimum absolute atomic E-state index is 0. The average molecular weight is 450 g/mol. The number of guanidine groups is 1. The Kier molecular flexibility index (Phi) is 9.60. The van der Waals surface area contributed by atoms with Gasteiger partial charge in [0.15, 0.2) is 5.96 Å². The summed E-state index contributed by atoms with van der Waals surface area (Å²) in [6, 6.07) is 0. The predicted molar refractivity (Wildman–Crippen MR) is 108 cm³/mol. The van der Waals surface area contributed by atoms with Crippen molar-refractivity contribution < 1.29 is 4.74 Å². The predicted octanol–water partition coefficient (Wildman–Crippen LogP) is 1.06. The number of aliphatic imine (C=N–C) groups is 1. The lowest BCUT2D eigenvalue weighted by Gasteiger charge is -2.34. The zero-order valence-corrected chi connectivity index (χ0v) is 17.5. The van der Waals surface area contributed by atoms with Crippen molar-refractivity contribution in [1.82, 2.24) is 25.3 Å². The number of nitrogens with zero attached hydrogens (tertiary/aromatic N) is 4. The Morgan fingerprint density at radius 3 is 2.88 bits per heavy atom. The quantitative estimate of drug-likeness (QED) is 0.386. The molecule has 2 rings (SSSR count). The van der Waals surface area contributed by atoms with E-state index in [-0.39, 0.29) is 30.1 Å². The zero-order valence-electron chi connectivity index (χ0n) is 15.2. The highest BCUT2D eigenvalue weighted by atomic mass is 127. The molecule has 2 heterocycles. The summed E-state index contributed by atoms with van der Waals surface area (Å²) in [4.78, 5) is 6.74. The second-order valence-electron chi connectivity index (χ2n) is 6.48. The van der Waals surface area contributed by atoms with Crippen LogP contribution in [0.4, 0.5) is 0 Å². The van der Waals surface area contributed by atoms with Crippen molar-refractivity contribution in [3.63, 3.8) is 0 Å². The Morgan fingerprint density at radius 2 is 2.25 bits per heavy atom. The molecule has 1 aliphatic heterocycles. The smallest absolute Gasteiger partial charge is 0.191 e. The minimum Gasteiger partial charge on any atom is -0.374 e. The van der Waals surface area contributed by atoms with Crippen LogP contribution in [0.1, 0.15) is 19.4 Å². The molecule has 1 aromatic heterocycles. The van der Waals surface area contributed by atoms with Gasteiger partial charge in [-0.3, -0.25) is 14.6 Å². The molecule has 24 heavy (non-hydrogen) atoms. The summed E-state index contributed by atoms with van der Waals surface area (Å²) < 4.78 is 7.65. The van der Waals surface area contributed by atoms with Gasteiger partial charge in [-0.15, -0.1) is 24.0 Å². The molecule has 8 heteroatoms. The third-order valence-electron chi connectivity index (χ3n) is 3.79. The van der Waals surface area contributed by atoms with Gasteiger partial charge in [-0.2, -0.15) is 5.10 Å². The largest absolute Gasteiger partial charge is 0.374 e. The van der Waals surface area contributed by atoms with Crippen LogP contribution in [0.2, 0.25) is 0 Å². The molecule has 1 unspecified atom stereocenters. The van der Waals surface area contributed by atoms with Gasteiger partial charge in [0.1, 0.15) is 0 Å². The van der Waals surface area contributed by atoms with E-state index >= 15 is 0 Å². The summed E-state index contributed by atoms with van der Waals surface area (Å²) in [6.45, 7) is 9.93. The highest BCUT2D eigenvalue weighted by Gasteiger charge is 2.21. The first kappa shape index (κ1) is 21.2. The first-order chi connectivity index (χ1) is 11.1. The van der Waals surface area contributed by atoms with Crippen LogP contribution in [0.5, 0.6) is 0 Å². The molecule has 2 N–H and O–H groups in total. The summed E-state index contributed by atoms with van der Waals surface area (Å²) in [5.41, 5.74) is 1.13. The molecular weight excluding hydrogens is 419 g/mol. The molecule has 0 aromatic carbocycles. The highest BCUT2D eigenvalue weighted by Crippen LogP contribution is 2.07. The van der Waals surface area contributed by atoms with E-state index < -0.39 is 0 Å². The fourth-order valence-electron chi connectivity index (χ4n) is 2.77. The number of hydrogen-bond donors (Lipinski definition) is 2. The van der Waals surface area contributed by atoms with Gasteiger partial charge < -0.3 is 15.4 Å². The van der Waals surface area contributed by atoms with Crippen molar-refractivity contribution in [3.05, 3.63) is 18.0 Å². The Bertz CT molecular complexity index is 505. The lowest BCUT2D eigenvalue weighted by Crippen LogP contribution is -2.50. The number of nitrogens with one attached hydrogen (secondary N) is 2. The van der Waals surface area contributed by atoms with Crippen molar-refractivity contribution in [2.75, 3.05) is 39.8 Å². The SMILES string of the molecule is CN=C(NCc1cnn(C)c1)NCC1CN(CC(C)C)CCO1.I. The number of morpholine rings is 1. The van der Waals surface area contributed by atoms with Crippen molar-refractivity contribution in [3.8, 4) is 0 Å². The van der Waals surface area contributed by atoms with E-state index in [0.717, 1.165) is 44.3 Å². The van der Waals surface area contributed by atoms with Crippen LogP contribution >= 0.6 is 24.0 Å². The van der Waals surface area contributed by atoms with Gasteiger partial charge in [0.05, 0.1) is 18.9 Å². The maximum atomic E-state index is 5.85. The topological polar surface area (TPSA) is 66.7 Å². The molecule has 0 spiro atoms. The Morgan fingerprint density at radius 1 is 1.46 bits per heavy atom. The lowest BCUT2D eigenvalue weighted by molar-refractivity contribution is -0.0284. The number of aromatic nitrogens is 2. The number of ether oxygens (including phenoxy) is 1. The van der Waals surface area contributed by atoms with E-state index in [1.54, 1.807) is 11.7 Å². The van der Waals surface area contributed by atoms with E-state index in [2.05, 4.69) is 39.5 Å². The molecule has 138 valence electrons. The molecule has 1 aromatic rings. The molecular formula is C16H31IN6O. The van der Waals surface area contributed by atoms with Gasteiger partial charge in [-0.1, -0.05) is 13.8 Å². The summed E-state index contributed by atoms with van der Waals surface area (Å²) in [5.74, 6) is 1.48. The van der Waals surface area contributed by atoms with Gasteiger partial charge in [-0.05, 0) is 5.92 Å². The third-order valence-corrected chi connectivity index (χ3v) is 3.79. The maximum absolute atomic E-state index is 5.85. The average Bonchev–Trinajstić information content (AvgIpc) is 2.93. The van der Waals surface area contributed by atoms with Crippen LogP contribution in [-0.4, -0.2) is 66.6 Å². The summed E-state index contributed by atoms with van der Waals surface area (Å²) in [6.07, 6.45) is 4.06. The van der Waals surface area contributed by atoms with E-state index in [0.29, 0.717) is 12.5 Å². The van der Waals surface area contributed by atoms with Gasteiger partial charge in [-0.25, -0.2) is 0 Å². The standard InChI is InChI=1S/C16H30N6O.HI/c1-13(2)10-22-5-6-23-15(12-22)9-19-16(17-3)18-7-14-8-20-21(4)11-14;/h8,11,13,15H,5-7,9-10,12H2,1-4H3,(H2,17,18,19);1H. The molecule has 1 atom stereocenters. The lowest BCUT2D eigenvalue weighted by atomic mass is 10.2. The van der Waals surface area contributed by atoms with E-state index in [1.807, 2.05) is 19.4 Å². The highest BCUT2D eigenvalue weighted by molar-refractivity contribution is 14.0. The van der Waals surface area contributed by atoms with E-state index in [4.69, 9.17) is 4.74 Å². The van der Waals surface area contributed by atoms with Crippen LogP contribution in [0.15, 0.2) is 17.4 Å². The van der Waals surface area contributed by atoms with E-state index in [1.165, 1.54) is 0 Å². The summed E-state index contributed by atoms with van der Waals surface area (Å²) in [7, 11) is 3.70. The fraction of sp³-hybridized carbons (Fsp3) is 0.750. The van der Waals surface area contributed by atoms with Crippen LogP contribution in [-0.2, 0) is 18.3 Å². The third kappa shape index (κ3) is 7.35. The molecule has 0 bridgehead atoms. The van der Waals surface area contributed by atoms with Gasteiger partial charge in [0.2, 0.25) is 0 Å². The van der Waals surface area contributed by atoms with Gasteiger partial charge in [0.25, 0.3) is 0 Å². The van der Waals surface area contributed by atoms with Crippen LogP contribution in [0.25, 0.3) is 0 Å². The monoisotopic (exact) mass is 450 g/mol. The molecule has 7 nitrogen and oxygen atoms in total. The molecule has 0 aliphatic carbocycles. The first-order valence-corrected chi connectivity index (χ1v) is 8.32. The zero-order chi connectivity index (χ0) is 16.7. The normalized spacial score (nSPS) is 19.2.